The Labute approximate surface area is 126 Å². The zero-order valence-corrected chi connectivity index (χ0v) is 12.6. The summed E-state index contributed by atoms with van der Waals surface area (Å²) in [5.74, 6) is 0.00704. The molecule has 108 valence electrons. The lowest BCUT2D eigenvalue weighted by molar-refractivity contribution is 0.0578. The van der Waals surface area contributed by atoms with E-state index in [2.05, 4.69) is 4.98 Å². The summed E-state index contributed by atoms with van der Waals surface area (Å²) in [5.41, 5.74) is 6.47. The zero-order valence-electron chi connectivity index (χ0n) is 11.0. The molecule has 0 aromatic carbocycles. The van der Waals surface area contributed by atoms with Crippen LogP contribution in [0.2, 0.25) is 0 Å². The number of carbonyl (C=O) groups is 1. The van der Waals surface area contributed by atoms with Crippen LogP contribution in [0.25, 0.3) is 0 Å². The van der Waals surface area contributed by atoms with Gasteiger partial charge in [0, 0.05) is 24.8 Å². The summed E-state index contributed by atoms with van der Waals surface area (Å²) < 4.78 is 0. The minimum atomic E-state index is 0. The summed E-state index contributed by atoms with van der Waals surface area (Å²) in [7, 11) is 0. The van der Waals surface area contributed by atoms with Crippen LogP contribution < -0.4 is 5.73 Å². The van der Waals surface area contributed by atoms with Crippen LogP contribution in [-0.4, -0.2) is 34.4 Å². The van der Waals surface area contributed by atoms with E-state index in [0.717, 1.165) is 25.8 Å². The third-order valence-electron chi connectivity index (χ3n) is 3.30. The summed E-state index contributed by atoms with van der Waals surface area (Å²) in [6.45, 7) is 2.76. The molecular formula is C13H21Cl2N3O. The third kappa shape index (κ3) is 4.34. The molecule has 0 saturated carbocycles. The van der Waals surface area contributed by atoms with E-state index in [9.17, 15) is 4.79 Å². The molecule has 1 aromatic rings. The van der Waals surface area contributed by atoms with E-state index in [-0.39, 0.29) is 42.8 Å². The number of amides is 1. The van der Waals surface area contributed by atoms with E-state index in [1.165, 1.54) is 0 Å². The molecular weight excluding hydrogens is 285 g/mol. The molecule has 2 atom stereocenters. The molecule has 1 amide bonds. The van der Waals surface area contributed by atoms with Gasteiger partial charge in [0.15, 0.2) is 0 Å². The van der Waals surface area contributed by atoms with Crippen molar-refractivity contribution in [1.29, 1.82) is 0 Å². The molecule has 2 N–H and O–H groups in total. The fourth-order valence-corrected chi connectivity index (χ4v) is 2.39. The number of halogens is 2. The highest BCUT2D eigenvalue weighted by molar-refractivity contribution is 5.92. The molecule has 0 radical (unpaired) electrons. The highest BCUT2D eigenvalue weighted by Gasteiger charge is 2.30. The minimum Gasteiger partial charge on any atom is -0.333 e. The maximum atomic E-state index is 12.3. The lowest BCUT2D eigenvalue weighted by Gasteiger charge is -2.37. The first-order valence-corrected chi connectivity index (χ1v) is 6.17. The average Bonchev–Trinajstić information content (AvgIpc) is 2.39. The number of nitrogens with two attached hydrogens (primary N) is 1. The van der Waals surface area contributed by atoms with Crippen molar-refractivity contribution in [2.45, 2.75) is 38.3 Å². The van der Waals surface area contributed by atoms with E-state index in [0.29, 0.717) is 5.69 Å². The molecule has 0 bridgehead atoms. The van der Waals surface area contributed by atoms with Crippen molar-refractivity contribution in [1.82, 2.24) is 9.88 Å². The maximum Gasteiger partial charge on any atom is 0.272 e. The number of pyridine rings is 1. The van der Waals surface area contributed by atoms with E-state index in [1.54, 1.807) is 12.3 Å². The molecule has 19 heavy (non-hydrogen) atoms. The Balaban J connectivity index is 0.00000162. The van der Waals surface area contributed by atoms with Gasteiger partial charge in [0.2, 0.25) is 0 Å². The van der Waals surface area contributed by atoms with Gasteiger partial charge in [-0.2, -0.15) is 0 Å². The number of hydrogen-bond donors (Lipinski definition) is 1. The second-order valence-corrected chi connectivity index (χ2v) is 4.64. The Kier molecular flexibility index (Phi) is 7.99. The van der Waals surface area contributed by atoms with Crippen LogP contribution in [-0.2, 0) is 0 Å². The Hall–Kier alpha value is -0.840. The number of nitrogens with zero attached hydrogens (tertiary/aromatic N) is 2. The largest absolute Gasteiger partial charge is 0.333 e. The summed E-state index contributed by atoms with van der Waals surface area (Å²) in [4.78, 5) is 18.3. The zero-order chi connectivity index (χ0) is 12.3. The minimum absolute atomic E-state index is 0. The lowest BCUT2D eigenvalue weighted by Crippen LogP contribution is -2.51. The first-order chi connectivity index (χ1) is 8.20. The molecule has 2 rings (SSSR count). The summed E-state index contributed by atoms with van der Waals surface area (Å²) in [6, 6.07) is 5.58. The van der Waals surface area contributed by atoms with Crippen molar-refractivity contribution in [2.75, 3.05) is 6.54 Å². The van der Waals surface area contributed by atoms with Crippen LogP contribution >= 0.6 is 24.8 Å². The van der Waals surface area contributed by atoms with Crippen LogP contribution in [0.5, 0.6) is 0 Å². The summed E-state index contributed by atoms with van der Waals surface area (Å²) in [5, 5.41) is 0. The molecule has 0 aliphatic carbocycles. The topological polar surface area (TPSA) is 59.2 Å². The highest BCUT2D eigenvalue weighted by Crippen LogP contribution is 2.20. The molecule has 1 fully saturated rings. The molecule has 1 aliphatic heterocycles. The van der Waals surface area contributed by atoms with Gasteiger partial charge < -0.3 is 10.6 Å². The van der Waals surface area contributed by atoms with Crippen molar-refractivity contribution in [3.63, 3.8) is 0 Å². The quantitative estimate of drug-likeness (QED) is 0.912. The fraction of sp³-hybridized carbons (Fsp3) is 0.538. The van der Waals surface area contributed by atoms with Gasteiger partial charge in [-0.05, 0) is 38.3 Å². The second kappa shape index (κ2) is 8.35. The fourth-order valence-electron chi connectivity index (χ4n) is 2.39. The Bertz CT molecular complexity index is 387. The van der Waals surface area contributed by atoms with Crippen LogP contribution in [0.3, 0.4) is 0 Å². The van der Waals surface area contributed by atoms with Crippen molar-refractivity contribution < 1.29 is 4.79 Å². The van der Waals surface area contributed by atoms with Crippen LogP contribution in [0.15, 0.2) is 24.4 Å². The average molecular weight is 306 g/mol. The first kappa shape index (κ1) is 18.2. The molecule has 0 spiro atoms. The van der Waals surface area contributed by atoms with Crippen LogP contribution in [0, 0.1) is 0 Å². The van der Waals surface area contributed by atoms with Crippen molar-refractivity contribution in [2.24, 2.45) is 5.73 Å². The first-order valence-electron chi connectivity index (χ1n) is 6.17. The van der Waals surface area contributed by atoms with E-state index in [4.69, 9.17) is 5.73 Å². The monoisotopic (exact) mass is 305 g/mol. The van der Waals surface area contributed by atoms with Gasteiger partial charge in [0.05, 0.1) is 0 Å². The smallest absolute Gasteiger partial charge is 0.272 e. The standard InChI is InChI=1S/C13H19N3O.2ClH/c1-10(14)12-7-3-5-9-16(12)13(17)11-6-2-4-8-15-11;;/h2,4,6,8,10,12H,3,5,7,9,14H2,1H3;2*1H. The number of rotatable bonds is 2. The lowest BCUT2D eigenvalue weighted by atomic mass is 9.96. The Morgan fingerprint density at radius 3 is 2.74 bits per heavy atom. The molecule has 1 saturated heterocycles. The van der Waals surface area contributed by atoms with E-state index < -0.39 is 0 Å². The molecule has 4 nitrogen and oxygen atoms in total. The van der Waals surface area contributed by atoms with Crippen molar-refractivity contribution in [3.05, 3.63) is 30.1 Å². The van der Waals surface area contributed by atoms with Gasteiger partial charge >= 0.3 is 0 Å². The predicted octanol–water partition coefficient (Wildman–Crippen LogP) is 2.27. The predicted molar refractivity (Wildman–Crippen MR) is 81.1 cm³/mol. The van der Waals surface area contributed by atoms with Gasteiger partial charge in [-0.1, -0.05) is 6.07 Å². The Morgan fingerprint density at radius 1 is 1.42 bits per heavy atom. The van der Waals surface area contributed by atoms with Crippen LogP contribution in [0.1, 0.15) is 36.7 Å². The van der Waals surface area contributed by atoms with Gasteiger partial charge in [0.25, 0.3) is 5.91 Å². The SMILES string of the molecule is CC(N)C1CCCCN1C(=O)c1ccccn1.Cl.Cl. The van der Waals surface area contributed by atoms with Gasteiger partial charge in [-0.15, -0.1) is 24.8 Å². The van der Waals surface area contributed by atoms with E-state index >= 15 is 0 Å². The highest BCUT2D eigenvalue weighted by atomic mass is 35.5. The third-order valence-corrected chi connectivity index (χ3v) is 3.30. The number of likely N-dealkylation sites (tertiary alicyclic amines) is 1. The van der Waals surface area contributed by atoms with Crippen LogP contribution in [0.4, 0.5) is 0 Å². The molecule has 1 aliphatic rings. The summed E-state index contributed by atoms with van der Waals surface area (Å²) in [6.07, 6.45) is 4.86. The summed E-state index contributed by atoms with van der Waals surface area (Å²) >= 11 is 0. The molecule has 6 heteroatoms. The molecule has 2 unspecified atom stereocenters. The van der Waals surface area contributed by atoms with Gasteiger partial charge in [-0.3, -0.25) is 9.78 Å². The number of piperidine rings is 1. The number of hydrogen-bond acceptors (Lipinski definition) is 3. The normalized spacial score (nSPS) is 19.9. The number of aromatic nitrogens is 1. The molecule has 2 heterocycles. The van der Waals surface area contributed by atoms with Crippen molar-refractivity contribution in [3.8, 4) is 0 Å². The van der Waals surface area contributed by atoms with Gasteiger partial charge in [0.1, 0.15) is 5.69 Å². The number of carbonyl (C=O) groups excluding carboxylic acids is 1. The van der Waals surface area contributed by atoms with Gasteiger partial charge in [-0.25, -0.2) is 0 Å². The maximum absolute atomic E-state index is 12.3. The molecule has 1 aromatic heterocycles. The van der Waals surface area contributed by atoms with Crippen molar-refractivity contribution >= 4 is 30.7 Å². The second-order valence-electron chi connectivity index (χ2n) is 4.64. The Morgan fingerprint density at radius 2 is 2.16 bits per heavy atom. The van der Waals surface area contributed by atoms with E-state index in [1.807, 2.05) is 24.0 Å².